The van der Waals surface area contributed by atoms with Crippen LogP contribution in [0.25, 0.3) is 0 Å². The molecule has 1 heterocycles. The van der Waals surface area contributed by atoms with Crippen molar-refractivity contribution >= 4 is 21.7 Å². The predicted octanol–water partition coefficient (Wildman–Crippen LogP) is 1.49. The molecule has 1 aromatic heterocycles. The number of benzene rings is 1. The molecule has 0 atom stereocenters. The third kappa shape index (κ3) is 3.40. The molecule has 0 fully saturated rings. The van der Waals surface area contributed by atoms with E-state index < -0.39 is 10.0 Å². The van der Waals surface area contributed by atoms with Crippen LogP contribution in [0.3, 0.4) is 0 Å². The Morgan fingerprint density at radius 1 is 1.19 bits per heavy atom. The van der Waals surface area contributed by atoms with E-state index in [0.717, 1.165) is 0 Å². The van der Waals surface area contributed by atoms with Crippen LogP contribution in [0.1, 0.15) is 11.3 Å². The molecule has 0 bridgehead atoms. The normalized spacial score (nSPS) is 11.2. The van der Waals surface area contributed by atoms with Gasteiger partial charge in [0.15, 0.2) is 0 Å². The highest BCUT2D eigenvalue weighted by atomic mass is 32.2. The lowest BCUT2D eigenvalue weighted by molar-refractivity contribution is 0.397. The maximum atomic E-state index is 12.4. The van der Waals surface area contributed by atoms with Crippen molar-refractivity contribution in [2.24, 2.45) is 0 Å². The lowest BCUT2D eigenvalue weighted by Crippen LogP contribution is -2.16. The second-order valence-electron chi connectivity index (χ2n) is 4.51. The van der Waals surface area contributed by atoms with Gasteiger partial charge < -0.3 is 10.5 Å². The number of methoxy groups -OCH3 is 1. The predicted molar refractivity (Wildman–Crippen MR) is 79.7 cm³/mol. The second-order valence-corrected chi connectivity index (χ2v) is 6.16. The zero-order chi connectivity index (χ0) is 15.6. The number of sulfonamides is 1. The fourth-order valence-electron chi connectivity index (χ4n) is 1.84. The zero-order valence-corrected chi connectivity index (χ0v) is 12.7. The minimum atomic E-state index is -3.79. The van der Waals surface area contributed by atoms with Gasteiger partial charge in [0.05, 0.1) is 12.0 Å². The number of ether oxygens (including phenoxy) is 1. The Kier molecular flexibility index (Phi) is 3.99. The Hall–Kier alpha value is -2.35. The number of nitrogens with two attached hydrogens (primary N) is 1. The largest absolute Gasteiger partial charge is 0.481 e. The molecule has 0 aliphatic carbocycles. The summed E-state index contributed by atoms with van der Waals surface area (Å²) in [6.07, 6.45) is 0. The molecule has 7 nitrogen and oxygen atoms in total. The number of nitrogen functional groups attached to an aromatic ring is 1. The average molecular weight is 308 g/mol. The number of aromatic nitrogens is 2. The molecule has 8 heteroatoms. The van der Waals surface area contributed by atoms with Gasteiger partial charge in [0.2, 0.25) is 11.8 Å². The maximum Gasteiger partial charge on any atom is 0.264 e. The van der Waals surface area contributed by atoms with Gasteiger partial charge in [-0.3, -0.25) is 0 Å². The molecule has 2 rings (SSSR count). The van der Waals surface area contributed by atoms with Gasteiger partial charge in [-0.15, -0.1) is 0 Å². The summed E-state index contributed by atoms with van der Waals surface area (Å²) < 4.78 is 32.1. The fraction of sp³-hybridized carbons (Fsp3) is 0.231. The summed E-state index contributed by atoms with van der Waals surface area (Å²) in [5.41, 5.74) is 7.26. The maximum absolute atomic E-state index is 12.4. The molecule has 0 unspecified atom stereocenters. The number of hydrogen-bond donors (Lipinski definition) is 2. The third-order valence-electron chi connectivity index (χ3n) is 2.75. The van der Waals surface area contributed by atoms with Crippen molar-refractivity contribution in [3.8, 4) is 5.88 Å². The Morgan fingerprint density at radius 2 is 1.90 bits per heavy atom. The van der Waals surface area contributed by atoms with Crippen molar-refractivity contribution in [1.29, 1.82) is 0 Å². The highest BCUT2D eigenvalue weighted by Crippen LogP contribution is 2.21. The fourth-order valence-corrected chi connectivity index (χ4v) is 3.01. The molecule has 0 radical (unpaired) electrons. The zero-order valence-electron chi connectivity index (χ0n) is 11.9. The van der Waals surface area contributed by atoms with E-state index in [2.05, 4.69) is 14.7 Å². The molecular weight excluding hydrogens is 292 g/mol. The highest BCUT2D eigenvalue weighted by Gasteiger charge is 2.18. The quantitative estimate of drug-likeness (QED) is 0.829. The van der Waals surface area contributed by atoms with Gasteiger partial charge in [0.25, 0.3) is 10.0 Å². The number of hydrogen-bond acceptors (Lipinski definition) is 6. The molecular formula is C13H16N4O3S. The molecule has 0 saturated heterocycles. The molecule has 0 aliphatic rings. The number of nitrogens with zero attached hydrogens (tertiary/aromatic N) is 2. The van der Waals surface area contributed by atoms with E-state index in [0.29, 0.717) is 16.9 Å². The molecule has 0 saturated carbocycles. The van der Waals surface area contributed by atoms with E-state index in [1.165, 1.54) is 19.2 Å². The summed E-state index contributed by atoms with van der Waals surface area (Å²) in [4.78, 5) is 8.12. The van der Waals surface area contributed by atoms with Crippen LogP contribution in [0.4, 0.5) is 11.6 Å². The molecule has 2 aromatic rings. The number of nitrogens with one attached hydrogen (secondary N) is 1. The summed E-state index contributed by atoms with van der Waals surface area (Å²) in [5.74, 6) is 0.248. The minimum absolute atomic E-state index is 0.0388. The topological polar surface area (TPSA) is 107 Å². The SMILES string of the molecule is COc1cc(C)nc(NS(=O)(=O)c2ccc(N)cc2C)n1. The van der Waals surface area contributed by atoms with Crippen LogP contribution in [0.15, 0.2) is 29.2 Å². The molecule has 1 aromatic carbocycles. The average Bonchev–Trinajstić information content (AvgIpc) is 2.36. The first-order valence-electron chi connectivity index (χ1n) is 6.10. The molecule has 0 amide bonds. The van der Waals surface area contributed by atoms with E-state index in [-0.39, 0.29) is 16.7 Å². The van der Waals surface area contributed by atoms with Crippen molar-refractivity contribution in [3.05, 3.63) is 35.5 Å². The van der Waals surface area contributed by atoms with Crippen LogP contribution in [-0.4, -0.2) is 25.5 Å². The van der Waals surface area contributed by atoms with Crippen molar-refractivity contribution < 1.29 is 13.2 Å². The van der Waals surface area contributed by atoms with Crippen LogP contribution in [-0.2, 0) is 10.0 Å². The molecule has 21 heavy (non-hydrogen) atoms. The van der Waals surface area contributed by atoms with Crippen molar-refractivity contribution in [1.82, 2.24) is 9.97 Å². The summed E-state index contributed by atoms with van der Waals surface area (Å²) in [7, 11) is -2.34. The third-order valence-corrected chi connectivity index (χ3v) is 4.24. The van der Waals surface area contributed by atoms with Crippen molar-refractivity contribution in [2.45, 2.75) is 18.7 Å². The molecule has 0 aliphatic heterocycles. The Morgan fingerprint density at radius 3 is 2.52 bits per heavy atom. The summed E-state index contributed by atoms with van der Waals surface area (Å²) in [5, 5.41) is 0. The van der Waals surface area contributed by atoms with Gasteiger partial charge in [0.1, 0.15) is 0 Å². The second kappa shape index (κ2) is 5.57. The molecule has 112 valence electrons. The van der Waals surface area contributed by atoms with Gasteiger partial charge in [-0.25, -0.2) is 18.1 Å². The van der Waals surface area contributed by atoms with Crippen LogP contribution in [0, 0.1) is 13.8 Å². The van der Waals surface area contributed by atoms with E-state index in [1.54, 1.807) is 26.0 Å². The Balaban J connectivity index is 2.39. The van der Waals surface area contributed by atoms with Gasteiger partial charge in [0, 0.05) is 17.4 Å². The van der Waals surface area contributed by atoms with Gasteiger partial charge in [-0.2, -0.15) is 4.98 Å². The molecule has 3 N–H and O–H groups in total. The smallest absolute Gasteiger partial charge is 0.264 e. The number of anilines is 2. The van der Waals surface area contributed by atoms with E-state index in [1.807, 2.05) is 0 Å². The lowest BCUT2D eigenvalue weighted by Gasteiger charge is -2.10. The first-order valence-corrected chi connectivity index (χ1v) is 7.59. The minimum Gasteiger partial charge on any atom is -0.481 e. The Labute approximate surface area is 123 Å². The number of aryl methyl sites for hydroxylation is 2. The van der Waals surface area contributed by atoms with Crippen molar-refractivity contribution in [2.75, 3.05) is 17.6 Å². The highest BCUT2D eigenvalue weighted by molar-refractivity contribution is 7.92. The summed E-state index contributed by atoms with van der Waals surface area (Å²) >= 11 is 0. The summed E-state index contributed by atoms with van der Waals surface area (Å²) in [6.45, 7) is 3.39. The number of rotatable bonds is 4. The monoisotopic (exact) mass is 308 g/mol. The van der Waals surface area contributed by atoms with Crippen LogP contribution in [0.2, 0.25) is 0 Å². The molecule has 0 spiro atoms. The van der Waals surface area contributed by atoms with Crippen LogP contribution < -0.4 is 15.2 Å². The lowest BCUT2D eigenvalue weighted by atomic mass is 10.2. The van der Waals surface area contributed by atoms with Crippen LogP contribution in [0.5, 0.6) is 5.88 Å². The first kappa shape index (κ1) is 15.0. The van der Waals surface area contributed by atoms with E-state index in [4.69, 9.17) is 10.5 Å². The summed E-state index contributed by atoms with van der Waals surface area (Å²) in [6, 6.07) is 6.16. The van der Waals surface area contributed by atoms with Gasteiger partial charge >= 0.3 is 0 Å². The Bertz CT molecular complexity index is 775. The van der Waals surface area contributed by atoms with E-state index >= 15 is 0 Å². The van der Waals surface area contributed by atoms with E-state index in [9.17, 15) is 8.42 Å². The van der Waals surface area contributed by atoms with Gasteiger partial charge in [-0.1, -0.05) is 0 Å². The first-order chi connectivity index (χ1) is 9.81. The van der Waals surface area contributed by atoms with Crippen molar-refractivity contribution in [3.63, 3.8) is 0 Å². The van der Waals surface area contributed by atoms with Crippen LogP contribution >= 0.6 is 0 Å². The standard InChI is InChI=1S/C13H16N4O3S/c1-8-6-10(14)4-5-11(8)21(18,19)17-13-15-9(2)7-12(16-13)20-3/h4-7H,14H2,1-3H3,(H,15,16,17). The van der Waals surface area contributed by atoms with Gasteiger partial charge in [-0.05, 0) is 37.6 Å².